The van der Waals surface area contributed by atoms with Crippen LogP contribution >= 0.6 is 0 Å². The van der Waals surface area contributed by atoms with E-state index >= 15 is 0 Å². The number of rotatable bonds is 7. The van der Waals surface area contributed by atoms with E-state index in [0.717, 1.165) is 0 Å². The third-order valence-corrected chi connectivity index (χ3v) is 7.52. The maximum Gasteiger partial charge on any atom is 0.306 e. The summed E-state index contributed by atoms with van der Waals surface area (Å²) in [4.78, 5) is 25.1. The Morgan fingerprint density at radius 1 is 0.370 bits per heavy atom. The maximum absolute atomic E-state index is 12.5. The molecule has 0 N–H and O–H groups in total. The third kappa shape index (κ3) is 19.0. The lowest BCUT2D eigenvalue weighted by Gasteiger charge is -2.15. The molecule has 0 radical (unpaired) electrons. The summed E-state index contributed by atoms with van der Waals surface area (Å²) in [5.74, 6) is 0.923. The fraction of sp³-hybridized carbons (Fsp3) is 0.632. The van der Waals surface area contributed by atoms with E-state index < -0.39 is 11.9 Å². The average molecular weight is 767 g/mol. The first-order valence-electron chi connectivity index (χ1n) is 18.4. The molecule has 16 nitrogen and oxygen atoms in total. The number of hydrogen-bond donors (Lipinski definition) is 0. The number of ether oxygens (including phenoxy) is 14. The van der Waals surface area contributed by atoms with Crippen LogP contribution in [0.3, 0.4) is 0 Å². The molecule has 0 saturated heterocycles. The van der Waals surface area contributed by atoms with Gasteiger partial charge in [0.05, 0.1) is 119 Å². The van der Waals surface area contributed by atoms with Gasteiger partial charge in [0.25, 0.3) is 0 Å². The highest BCUT2D eigenvalue weighted by molar-refractivity contribution is 5.77. The summed E-state index contributed by atoms with van der Waals surface area (Å²) in [5, 5.41) is 0. The van der Waals surface area contributed by atoms with Gasteiger partial charge in [0.2, 0.25) is 0 Å². The molecule has 302 valence electrons. The van der Waals surface area contributed by atoms with Crippen LogP contribution in [0.1, 0.15) is 24.0 Å². The topological polar surface area (TPSA) is 163 Å². The van der Waals surface area contributed by atoms with Gasteiger partial charge in [0.1, 0.15) is 39.6 Å². The van der Waals surface area contributed by atoms with Gasteiger partial charge in [0, 0.05) is 0 Å². The number of carbonyl (C=O) groups is 2. The van der Waals surface area contributed by atoms with Crippen LogP contribution in [-0.2, 0) is 70.2 Å². The number of benzene rings is 2. The predicted octanol–water partition coefficient (Wildman–Crippen LogP) is 2.93. The number of hydrogen-bond acceptors (Lipinski definition) is 16. The van der Waals surface area contributed by atoms with Crippen molar-refractivity contribution in [2.75, 3.05) is 132 Å². The van der Waals surface area contributed by atoms with E-state index in [2.05, 4.69) is 0 Å². The van der Waals surface area contributed by atoms with Crippen LogP contribution in [0, 0.1) is 0 Å². The highest BCUT2D eigenvalue weighted by Gasteiger charge is 2.14. The lowest BCUT2D eigenvalue weighted by atomic mass is 10.2. The standard InChI is InChI=1S/C38H54O16/c39-37(53-29-31-1-3-33-35(27-31)51-25-21-47-17-13-43-9-7-41-11-15-45-19-23-49-33)5-6-38(40)54-30-32-2-4-34-36(28-32)52-26-22-48-18-14-44-10-8-42-12-16-46-20-24-50-34/h1-4,27-28H,5-26,29-30H2. The van der Waals surface area contributed by atoms with Crippen molar-refractivity contribution in [2.24, 2.45) is 0 Å². The number of fused-ring (bicyclic) bond motifs is 2. The van der Waals surface area contributed by atoms with Crippen molar-refractivity contribution >= 4 is 11.9 Å². The van der Waals surface area contributed by atoms with Crippen LogP contribution in [0.25, 0.3) is 0 Å². The first kappa shape index (κ1) is 43.0. The summed E-state index contributed by atoms with van der Waals surface area (Å²) in [5.41, 5.74) is 1.37. The molecular formula is C38H54O16. The molecule has 2 aromatic rings. The summed E-state index contributed by atoms with van der Waals surface area (Å²) in [6.07, 6.45) is -0.286. The van der Waals surface area contributed by atoms with Crippen LogP contribution in [-0.4, -0.2) is 144 Å². The van der Waals surface area contributed by atoms with E-state index in [-0.39, 0.29) is 39.3 Å². The Balaban J connectivity index is 1.19. The van der Waals surface area contributed by atoms with Crippen molar-refractivity contribution in [1.29, 1.82) is 0 Å². The monoisotopic (exact) mass is 766 g/mol. The Hall–Kier alpha value is -3.74. The molecule has 0 atom stereocenters. The van der Waals surface area contributed by atoms with Crippen molar-refractivity contribution in [3.63, 3.8) is 0 Å². The smallest absolute Gasteiger partial charge is 0.306 e. The minimum absolute atomic E-state index is 0.0158. The van der Waals surface area contributed by atoms with Gasteiger partial charge in [-0.1, -0.05) is 12.1 Å². The molecule has 0 saturated carbocycles. The first-order chi connectivity index (χ1) is 26.7. The SMILES string of the molecule is O=C(CCC(=O)OCc1ccc2c(c1)OCCOCCOCCOCCOCCO2)OCc1ccc2c(c1)OCCOCCOCCOCCOCCO2. The molecule has 0 amide bonds. The van der Waals surface area contributed by atoms with Crippen molar-refractivity contribution < 1.29 is 75.9 Å². The Bertz CT molecular complexity index is 1220. The quantitative estimate of drug-likeness (QED) is 0.378. The Morgan fingerprint density at radius 2 is 0.630 bits per heavy atom. The largest absolute Gasteiger partial charge is 0.487 e. The van der Waals surface area contributed by atoms with Gasteiger partial charge in [-0.2, -0.15) is 0 Å². The molecule has 16 heteroatoms. The molecular weight excluding hydrogens is 712 g/mol. The summed E-state index contributed by atoms with van der Waals surface area (Å²) in [6.45, 7) is 8.16. The minimum Gasteiger partial charge on any atom is -0.487 e. The molecule has 0 bridgehead atoms. The van der Waals surface area contributed by atoms with Crippen LogP contribution in [0.15, 0.2) is 36.4 Å². The maximum atomic E-state index is 12.5. The summed E-state index contributed by atoms with van der Waals surface area (Å²) in [7, 11) is 0. The number of carbonyl (C=O) groups excluding carboxylic acids is 2. The van der Waals surface area contributed by atoms with E-state index in [9.17, 15) is 9.59 Å². The molecule has 4 rings (SSSR count). The lowest BCUT2D eigenvalue weighted by Crippen LogP contribution is -2.16. The lowest BCUT2D eigenvalue weighted by molar-refractivity contribution is -0.151. The fourth-order valence-corrected chi connectivity index (χ4v) is 4.79. The van der Waals surface area contributed by atoms with Crippen molar-refractivity contribution in [2.45, 2.75) is 26.1 Å². The summed E-state index contributed by atoms with van der Waals surface area (Å²) < 4.78 is 78.6. The molecule has 0 aromatic heterocycles. The molecule has 2 heterocycles. The van der Waals surface area contributed by atoms with Crippen LogP contribution < -0.4 is 18.9 Å². The molecule has 0 spiro atoms. The normalized spacial score (nSPS) is 18.4. The third-order valence-electron chi connectivity index (χ3n) is 7.52. The van der Waals surface area contributed by atoms with E-state index in [4.69, 9.17) is 66.3 Å². The summed E-state index contributed by atoms with van der Waals surface area (Å²) >= 11 is 0. The van der Waals surface area contributed by atoms with Crippen molar-refractivity contribution in [3.05, 3.63) is 47.5 Å². The van der Waals surface area contributed by atoms with Gasteiger partial charge in [-0.15, -0.1) is 0 Å². The molecule has 2 aliphatic heterocycles. The highest BCUT2D eigenvalue weighted by atomic mass is 16.6. The van der Waals surface area contributed by atoms with E-state index in [1.807, 2.05) is 0 Å². The predicted molar refractivity (Wildman–Crippen MR) is 190 cm³/mol. The number of esters is 2. The van der Waals surface area contributed by atoms with Gasteiger partial charge >= 0.3 is 11.9 Å². The highest BCUT2D eigenvalue weighted by Crippen LogP contribution is 2.30. The van der Waals surface area contributed by atoms with Crippen LogP contribution in [0.5, 0.6) is 23.0 Å². The Morgan fingerprint density at radius 3 is 0.926 bits per heavy atom. The van der Waals surface area contributed by atoms with Crippen molar-refractivity contribution in [1.82, 2.24) is 0 Å². The van der Waals surface area contributed by atoms with Gasteiger partial charge in [-0.25, -0.2) is 0 Å². The second-order valence-electron chi connectivity index (χ2n) is 11.7. The second kappa shape index (κ2) is 27.8. The van der Waals surface area contributed by atoms with Crippen LogP contribution in [0.4, 0.5) is 0 Å². The zero-order valence-electron chi connectivity index (χ0n) is 31.0. The molecule has 0 aliphatic carbocycles. The minimum atomic E-state index is -0.542. The Kier molecular flexibility index (Phi) is 22.1. The second-order valence-corrected chi connectivity index (χ2v) is 11.7. The van der Waals surface area contributed by atoms with E-state index in [1.165, 1.54) is 0 Å². The van der Waals surface area contributed by atoms with Gasteiger partial charge < -0.3 is 66.3 Å². The summed E-state index contributed by atoms with van der Waals surface area (Å²) in [6, 6.07) is 10.5. The fourth-order valence-electron chi connectivity index (χ4n) is 4.79. The molecule has 0 fully saturated rings. The molecule has 2 aliphatic rings. The van der Waals surface area contributed by atoms with Gasteiger partial charge in [-0.3, -0.25) is 9.59 Å². The first-order valence-corrected chi connectivity index (χ1v) is 18.4. The molecule has 54 heavy (non-hydrogen) atoms. The molecule has 0 unspecified atom stereocenters. The average Bonchev–Trinajstić information content (AvgIpc) is 3.18. The van der Waals surface area contributed by atoms with Gasteiger partial charge in [-0.05, 0) is 35.4 Å². The Labute approximate surface area is 316 Å². The zero-order valence-corrected chi connectivity index (χ0v) is 31.0. The van der Waals surface area contributed by atoms with Crippen LogP contribution in [0.2, 0.25) is 0 Å². The zero-order chi connectivity index (χ0) is 37.7. The molecule has 2 aromatic carbocycles. The van der Waals surface area contributed by atoms with E-state index in [0.29, 0.717) is 153 Å². The van der Waals surface area contributed by atoms with E-state index in [1.54, 1.807) is 36.4 Å². The van der Waals surface area contributed by atoms with Gasteiger partial charge in [0.15, 0.2) is 23.0 Å². The van der Waals surface area contributed by atoms with Crippen molar-refractivity contribution in [3.8, 4) is 23.0 Å².